The Hall–Kier alpha value is -2.93. The SMILES string of the molecule is C=CCn1c(S[C@H](C)C(=O)Nc2ccccc2C(C)C)nnc1-c1cccnc1. The summed E-state index contributed by atoms with van der Waals surface area (Å²) in [6, 6.07) is 11.7. The van der Waals surface area contributed by atoms with Crippen LogP contribution in [0.4, 0.5) is 5.69 Å². The van der Waals surface area contributed by atoms with Gasteiger partial charge in [0.25, 0.3) is 0 Å². The maximum absolute atomic E-state index is 12.8. The van der Waals surface area contributed by atoms with E-state index in [0.29, 0.717) is 23.4 Å². The summed E-state index contributed by atoms with van der Waals surface area (Å²) in [5, 5.41) is 12.0. The van der Waals surface area contributed by atoms with Gasteiger partial charge in [-0.2, -0.15) is 0 Å². The molecular formula is C22H25N5OS. The Balaban J connectivity index is 1.78. The van der Waals surface area contributed by atoms with Gasteiger partial charge in [0.1, 0.15) is 0 Å². The van der Waals surface area contributed by atoms with Crippen molar-refractivity contribution in [1.82, 2.24) is 19.7 Å². The van der Waals surface area contributed by atoms with Crippen molar-refractivity contribution in [2.45, 2.75) is 43.6 Å². The fourth-order valence-corrected chi connectivity index (χ4v) is 3.80. The first-order chi connectivity index (χ1) is 14.0. The number of allylic oxidation sites excluding steroid dienone is 1. The molecule has 3 rings (SSSR count). The van der Waals surface area contributed by atoms with Crippen molar-refractivity contribution in [3.63, 3.8) is 0 Å². The van der Waals surface area contributed by atoms with E-state index in [1.807, 2.05) is 47.9 Å². The van der Waals surface area contributed by atoms with Crippen LogP contribution < -0.4 is 5.32 Å². The number of nitrogens with one attached hydrogen (secondary N) is 1. The fraction of sp³-hybridized carbons (Fsp3) is 0.273. The third-order valence-electron chi connectivity index (χ3n) is 4.44. The Labute approximate surface area is 175 Å². The van der Waals surface area contributed by atoms with Crippen molar-refractivity contribution >= 4 is 23.4 Å². The first-order valence-electron chi connectivity index (χ1n) is 9.52. The zero-order valence-corrected chi connectivity index (χ0v) is 17.7. The first-order valence-corrected chi connectivity index (χ1v) is 10.4. The average molecular weight is 408 g/mol. The molecule has 150 valence electrons. The number of nitrogens with zero attached hydrogens (tertiary/aromatic N) is 4. The van der Waals surface area contributed by atoms with Crippen LogP contribution in [-0.4, -0.2) is 30.9 Å². The number of benzene rings is 1. The third-order valence-corrected chi connectivity index (χ3v) is 5.52. The highest BCUT2D eigenvalue weighted by Crippen LogP contribution is 2.28. The lowest BCUT2D eigenvalue weighted by molar-refractivity contribution is -0.115. The van der Waals surface area contributed by atoms with Crippen molar-refractivity contribution in [2.24, 2.45) is 0 Å². The summed E-state index contributed by atoms with van der Waals surface area (Å²) >= 11 is 1.38. The van der Waals surface area contributed by atoms with E-state index in [2.05, 4.69) is 40.9 Å². The number of anilines is 1. The molecule has 29 heavy (non-hydrogen) atoms. The van der Waals surface area contributed by atoms with Crippen molar-refractivity contribution in [3.8, 4) is 11.4 Å². The van der Waals surface area contributed by atoms with Gasteiger partial charge in [0.2, 0.25) is 5.91 Å². The van der Waals surface area contributed by atoms with Gasteiger partial charge < -0.3 is 5.32 Å². The van der Waals surface area contributed by atoms with E-state index in [4.69, 9.17) is 0 Å². The Morgan fingerprint density at radius 3 is 2.69 bits per heavy atom. The number of carbonyl (C=O) groups excluding carboxylic acids is 1. The number of carbonyl (C=O) groups is 1. The molecular weight excluding hydrogens is 382 g/mol. The fourth-order valence-electron chi connectivity index (χ4n) is 2.94. The van der Waals surface area contributed by atoms with Gasteiger partial charge in [-0.05, 0) is 36.6 Å². The second-order valence-electron chi connectivity index (χ2n) is 6.94. The highest BCUT2D eigenvalue weighted by molar-refractivity contribution is 8.00. The number of aromatic nitrogens is 4. The zero-order chi connectivity index (χ0) is 20.8. The van der Waals surface area contributed by atoms with E-state index in [9.17, 15) is 4.79 Å². The van der Waals surface area contributed by atoms with Crippen LogP contribution in [0.5, 0.6) is 0 Å². The van der Waals surface area contributed by atoms with Crippen LogP contribution in [0.1, 0.15) is 32.3 Å². The molecule has 0 bridgehead atoms. The van der Waals surface area contributed by atoms with Crippen LogP contribution >= 0.6 is 11.8 Å². The van der Waals surface area contributed by atoms with E-state index >= 15 is 0 Å². The van der Waals surface area contributed by atoms with Crippen molar-refractivity contribution in [3.05, 3.63) is 67.0 Å². The molecule has 0 aliphatic heterocycles. The molecule has 0 aliphatic carbocycles. The third kappa shape index (κ3) is 4.92. The smallest absolute Gasteiger partial charge is 0.237 e. The molecule has 0 fully saturated rings. The summed E-state index contributed by atoms with van der Waals surface area (Å²) in [7, 11) is 0. The van der Waals surface area contributed by atoms with Gasteiger partial charge in [0.05, 0.1) is 5.25 Å². The minimum Gasteiger partial charge on any atom is -0.325 e. The summed E-state index contributed by atoms with van der Waals surface area (Å²) in [6.45, 7) is 10.5. The monoisotopic (exact) mass is 407 g/mol. The molecule has 0 spiro atoms. The van der Waals surface area contributed by atoms with Crippen LogP contribution in [0.25, 0.3) is 11.4 Å². The number of amides is 1. The first kappa shape index (κ1) is 20.8. The summed E-state index contributed by atoms with van der Waals surface area (Å²) in [6.07, 6.45) is 5.25. The summed E-state index contributed by atoms with van der Waals surface area (Å²) in [5.74, 6) is 0.963. The number of hydrogen-bond acceptors (Lipinski definition) is 5. The summed E-state index contributed by atoms with van der Waals surface area (Å²) in [4.78, 5) is 17.0. The van der Waals surface area contributed by atoms with Crippen LogP contribution in [-0.2, 0) is 11.3 Å². The van der Waals surface area contributed by atoms with Gasteiger partial charge in [-0.3, -0.25) is 14.3 Å². The van der Waals surface area contributed by atoms with Gasteiger partial charge in [0, 0.05) is 30.2 Å². The molecule has 0 aliphatic rings. The Morgan fingerprint density at radius 1 is 1.21 bits per heavy atom. The largest absolute Gasteiger partial charge is 0.325 e. The van der Waals surface area contributed by atoms with Gasteiger partial charge in [0.15, 0.2) is 11.0 Å². The van der Waals surface area contributed by atoms with E-state index in [1.54, 1.807) is 18.5 Å². The summed E-state index contributed by atoms with van der Waals surface area (Å²) in [5.41, 5.74) is 2.84. The van der Waals surface area contributed by atoms with E-state index < -0.39 is 0 Å². The molecule has 0 saturated heterocycles. The highest BCUT2D eigenvalue weighted by atomic mass is 32.2. The van der Waals surface area contributed by atoms with Crippen molar-refractivity contribution in [1.29, 1.82) is 0 Å². The molecule has 1 aromatic carbocycles. The maximum Gasteiger partial charge on any atom is 0.237 e. The molecule has 1 amide bonds. The average Bonchev–Trinajstić information content (AvgIpc) is 3.11. The molecule has 2 aromatic heterocycles. The summed E-state index contributed by atoms with van der Waals surface area (Å²) < 4.78 is 1.94. The molecule has 3 aromatic rings. The molecule has 1 N–H and O–H groups in total. The number of hydrogen-bond donors (Lipinski definition) is 1. The molecule has 6 nitrogen and oxygen atoms in total. The molecule has 7 heteroatoms. The lowest BCUT2D eigenvalue weighted by atomic mass is 10.0. The van der Waals surface area contributed by atoms with Crippen molar-refractivity contribution < 1.29 is 4.79 Å². The van der Waals surface area contributed by atoms with Gasteiger partial charge in [-0.1, -0.05) is 49.9 Å². The van der Waals surface area contributed by atoms with Crippen LogP contribution in [0.3, 0.4) is 0 Å². The lowest BCUT2D eigenvalue weighted by Crippen LogP contribution is -2.23. The highest BCUT2D eigenvalue weighted by Gasteiger charge is 2.21. The molecule has 1 atom stereocenters. The zero-order valence-electron chi connectivity index (χ0n) is 16.9. The topological polar surface area (TPSA) is 72.7 Å². The van der Waals surface area contributed by atoms with E-state index in [0.717, 1.165) is 16.8 Å². The molecule has 0 radical (unpaired) electrons. The number of rotatable bonds is 8. The van der Waals surface area contributed by atoms with Crippen molar-refractivity contribution in [2.75, 3.05) is 5.32 Å². The van der Waals surface area contributed by atoms with Gasteiger partial charge in [-0.15, -0.1) is 16.8 Å². The van der Waals surface area contributed by atoms with E-state index in [-0.39, 0.29) is 11.2 Å². The second-order valence-corrected chi connectivity index (χ2v) is 8.25. The number of pyridine rings is 1. The normalized spacial score (nSPS) is 12.0. The standard InChI is InChI=1S/C22H25N5OS/c1-5-13-27-20(17-9-8-12-23-14-17)25-26-22(27)29-16(4)21(28)24-19-11-7-6-10-18(19)15(2)3/h5-12,14-16H,1,13H2,2-4H3,(H,24,28)/t16-/m1/s1. The van der Waals surface area contributed by atoms with Crippen LogP contribution in [0, 0.1) is 0 Å². The second kappa shape index (κ2) is 9.52. The maximum atomic E-state index is 12.8. The lowest BCUT2D eigenvalue weighted by Gasteiger charge is -2.16. The Morgan fingerprint density at radius 2 is 2.00 bits per heavy atom. The molecule has 2 heterocycles. The molecule has 0 unspecified atom stereocenters. The Kier molecular flexibility index (Phi) is 6.82. The van der Waals surface area contributed by atoms with Gasteiger partial charge in [-0.25, -0.2) is 0 Å². The number of thioether (sulfide) groups is 1. The number of para-hydroxylation sites is 1. The van der Waals surface area contributed by atoms with Gasteiger partial charge >= 0.3 is 0 Å². The predicted octanol–water partition coefficient (Wildman–Crippen LogP) is 4.77. The molecule has 0 saturated carbocycles. The minimum absolute atomic E-state index is 0.0702. The Bertz CT molecular complexity index is 984. The minimum atomic E-state index is -0.343. The van der Waals surface area contributed by atoms with Crippen LogP contribution in [0.2, 0.25) is 0 Å². The quantitative estimate of drug-likeness (QED) is 0.430. The predicted molar refractivity (Wildman–Crippen MR) is 118 cm³/mol. The van der Waals surface area contributed by atoms with E-state index in [1.165, 1.54) is 11.8 Å². The van der Waals surface area contributed by atoms with Crippen LogP contribution in [0.15, 0.2) is 66.6 Å².